The lowest BCUT2D eigenvalue weighted by atomic mass is 10.2. The molecule has 0 aliphatic carbocycles. The van der Waals surface area contributed by atoms with E-state index in [9.17, 15) is 0 Å². The quantitative estimate of drug-likeness (QED) is 0.373. The standard InChI is InChI=1S/C18H13Cl2N3S2/c1-23-17(12-9-24-16-8-3-2-5-11(12)16)21-22-18(23)25-10-13-14(19)6-4-7-15(13)20/h2-9H,10H2,1H3. The first-order chi connectivity index (χ1) is 12.1. The van der Waals surface area contributed by atoms with Gasteiger partial charge in [-0.05, 0) is 23.8 Å². The molecule has 4 rings (SSSR count). The maximum atomic E-state index is 6.25. The molecule has 25 heavy (non-hydrogen) atoms. The Balaban J connectivity index is 1.63. The summed E-state index contributed by atoms with van der Waals surface area (Å²) in [6.45, 7) is 0. The minimum atomic E-state index is 0.648. The van der Waals surface area contributed by atoms with Crippen LogP contribution in [-0.2, 0) is 12.8 Å². The Morgan fingerprint density at radius 2 is 1.80 bits per heavy atom. The Kier molecular flexibility index (Phi) is 4.73. The summed E-state index contributed by atoms with van der Waals surface area (Å²) < 4.78 is 3.27. The summed E-state index contributed by atoms with van der Waals surface area (Å²) in [5.74, 6) is 1.51. The number of aromatic nitrogens is 3. The molecule has 0 radical (unpaired) electrons. The number of thiophene rings is 1. The highest BCUT2D eigenvalue weighted by molar-refractivity contribution is 7.98. The van der Waals surface area contributed by atoms with Crippen LogP contribution in [0.15, 0.2) is 53.0 Å². The van der Waals surface area contributed by atoms with Gasteiger partial charge in [0.2, 0.25) is 0 Å². The number of rotatable bonds is 4. The molecule has 7 heteroatoms. The van der Waals surface area contributed by atoms with E-state index in [1.807, 2.05) is 41.9 Å². The van der Waals surface area contributed by atoms with Gasteiger partial charge in [0.05, 0.1) is 0 Å². The first kappa shape index (κ1) is 16.9. The van der Waals surface area contributed by atoms with Gasteiger partial charge in [-0.15, -0.1) is 21.5 Å². The lowest BCUT2D eigenvalue weighted by Crippen LogP contribution is -1.95. The van der Waals surface area contributed by atoms with Gasteiger partial charge in [-0.2, -0.15) is 0 Å². The lowest BCUT2D eigenvalue weighted by molar-refractivity contribution is 0.794. The van der Waals surface area contributed by atoms with Crippen molar-refractivity contribution in [3.63, 3.8) is 0 Å². The predicted octanol–water partition coefficient (Wildman–Crippen LogP) is 6.30. The van der Waals surface area contributed by atoms with E-state index in [-0.39, 0.29) is 0 Å². The molecular formula is C18H13Cl2N3S2. The Morgan fingerprint density at radius 1 is 1.04 bits per heavy atom. The average Bonchev–Trinajstić information content (AvgIpc) is 3.18. The van der Waals surface area contributed by atoms with E-state index in [0.717, 1.165) is 22.1 Å². The molecule has 0 bridgehead atoms. The molecule has 0 amide bonds. The summed E-state index contributed by atoms with van der Waals surface area (Å²) in [4.78, 5) is 0. The van der Waals surface area contributed by atoms with E-state index in [4.69, 9.17) is 23.2 Å². The molecule has 0 saturated heterocycles. The zero-order valence-electron chi connectivity index (χ0n) is 13.2. The Morgan fingerprint density at radius 3 is 2.60 bits per heavy atom. The highest BCUT2D eigenvalue weighted by Gasteiger charge is 2.16. The van der Waals surface area contributed by atoms with Crippen LogP contribution in [0.5, 0.6) is 0 Å². The molecule has 0 saturated carbocycles. The molecule has 0 atom stereocenters. The van der Waals surface area contributed by atoms with Crippen molar-refractivity contribution in [2.75, 3.05) is 0 Å². The van der Waals surface area contributed by atoms with Crippen LogP contribution in [-0.4, -0.2) is 14.8 Å². The molecule has 2 aromatic carbocycles. The number of halogens is 2. The molecule has 126 valence electrons. The maximum Gasteiger partial charge on any atom is 0.191 e. The van der Waals surface area contributed by atoms with Crippen molar-refractivity contribution in [1.29, 1.82) is 0 Å². The summed E-state index contributed by atoms with van der Waals surface area (Å²) in [5, 5.41) is 14.3. The number of fused-ring (bicyclic) bond motifs is 1. The van der Waals surface area contributed by atoms with Gasteiger partial charge in [0.25, 0.3) is 0 Å². The van der Waals surface area contributed by atoms with Crippen molar-refractivity contribution in [2.24, 2.45) is 7.05 Å². The molecule has 0 N–H and O–H groups in total. The van der Waals surface area contributed by atoms with Gasteiger partial charge in [-0.1, -0.05) is 59.2 Å². The van der Waals surface area contributed by atoms with Crippen LogP contribution < -0.4 is 0 Å². The van der Waals surface area contributed by atoms with Crippen LogP contribution in [0.2, 0.25) is 10.0 Å². The molecule has 2 heterocycles. The molecule has 3 nitrogen and oxygen atoms in total. The Bertz CT molecular complexity index is 1040. The van der Waals surface area contributed by atoms with Gasteiger partial charge in [0.1, 0.15) is 0 Å². The zero-order valence-corrected chi connectivity index (χ0v) is 16.4. The van der Waals surface area contributed by atoms with Gasteiger partial charge in [0.15, 0.2) is 11.0 Å². The van der Waals surface area contributed by atoms with Crippen LogP contribution in [0.4, 0.5) is 0 Å². The molecular weight excluding hydrogens is 393 g/mol. The number of benzene rings is 2. The molecule has 0 unspecified atom stereocenters. The third-order valence-corrected chi connectivity index (χ3v) is 6.68. The normalized spacial score (nSPS) is 11.3. The molecule has 0 aliphatic rings. The third-order valence-electron chi connectivity index (χ3n) is 3.96. The van der Waals surface area contributed by atoms with Gasteiger partial charge in [0, 0.05) is 43.9 Å². The fraction of sp³-hybridized carbons (Fsp3) is 0.111. The van der Waals surface area contributed by atoms with E-state index < -0.39 is 0 Å². The van der Waals surface area contributed by atoms with Gasteiger partial charge < -0.3 is 4.57 Å². The van der Waals surface area contributed by atoms with Crippen molar-refractivity contribution < 1.29 is 0 Å². The summed E-state index contributed by atoms with van der Waals surface area (Å²) in [5.41, 5.74) is 2.03. The predicted molar refractivity (Wildman–Crippen MR) is 108 cm³/mol. The fourth-order valence-corrected chi connectivity index (χ4v) is 5.23. The van der Waals surface area contributed by atoms with Crippen LogP contribution in [0.25, 0.3) is 21.5 Å². The van der Waals surface area contributed by atoms with E-state index in [0.29, 0.717) is 15.8 Å². The number of hydrogen-bond acceptors (Lipinski definition) is 4. The Labute approximate surface area is 163 Å². The van der Waals surface area contributed by atoms with E-state index in [1.54, 1.807) is 23.1 Å². The van der Waals surface area contributed by atoms with Crippen molar-refractivity contribution in [3.05, 3.63) is 63.5 Å². The molecule has 0 aliphatic heterocycles. The number of hydrogen-bond donors (Lipinski definition) is 0. The van der Waals surface area contributed by atoms with E-state index in [2.05, 4.69) is 27.7 Å². The highest BCUT2D eigenvalue weighted by Crippen LogP contribution is 2.35. The highest BCUT2D eigenvalue weighted by atomic mass is 35.5. The first-order valence-electron chi connectivity index (χ1n) is 7.57. The molecule has 0 spiro atoms. The SMILES string of the molecule is Cn1c(SCc2c(Cl)cccc2Cl)nnc1-c1csc2ccccc12. The van der Waals surface area contributed by atoms with Crippen LogP contribution in [0.3, 0.4) is 0 Å². The second-order valence-electron chi connectivity index (χ2n) is 5.50. The summed E-state index contributed by atoms with van der Waals surface area (Å²) >= 11 is 15.8. The largest absolute Gasteiger partial charge is 0.305 e. The van der Waals surface area contributed by atoms with Gasteiger partial charge in [-0.25, -0.2) is 0 Å². The monoisotopic (exact) mass is 405 g/mol. The average molecular weight is 406 g/mol. The first-order valence-corrected chi connectivity index (χ1v) is 10.2. The third kappa shape index (κ3) is 3.17. The van der Waals surface area contributed by atoms with Crippen molar-refractivity contribution in [2.45, 2.75) is 10.9 Å². The topological polar surface area (TPSA) is 30.7 Å². The smallest absolute Gasteiger partial charge is 0.191 e. The van der Waals surface area contributed by atoms with Crippen LogP contribution >= 0.6 is 46.3 Å². The van der Waals surface area contributed by atoms with E-state index >= 15 is 0 Å². The Hall–Kier alpha value is -1.53. The van der Waals surface area contributed by atoms with E-state index in [1.165, 1.54) is 10.1 Å². The maximum absolute atomic E-state index is 6.25. The fourth-order valence-electron chi connectivity index (χ4n) is 2.63. The second kappa shape index (κ2) is 7.00. The van der Waals surface area contributed by atoms with Gasteiger partial charge >= 0.3 is 0 Å². The minimum absolute atomic E-state index is 0.648. The number of nitrogens with zero attached hydrogens (tertiary/aromatic N) is 3. The molecule has 2 aromatic heterocycles. The van der Waals surface area contributed by atoms with Crippen molar-refractivity contribution in [1.82, 2.24) is 14.8 Å². The minimum Gasteiger partial charge on any atom is -0.305 e. The summed E-state index contributed by atoms with van der Waals surface area (Å²) in [6.07, 6.45) is 0. The summed E-state index contributed by atoms with van der Waals surface area (Å²) in [6, 6.07) is 13.9. The molecule has 0 fully saturated rings. The summed E-state index contributed by atoms with van der Waals surface area (Å²) in [7, 11) is 1.98. The lowest BCUT2D eigenvalue weighted by Gasteiger charge is -2.06. The van der Waals surface area contributed by atoms with Gasteiger partial charge in [-0.3, -0.25) is 0 Å². The number of thioether (sulfide) groups is 1. The van der Waals surface area contributed by atoms with Crippen molar-refractivity contribution >= 4 is 56.4 Å². The second-order valence-corrected chi connectivity index (χ2v) is 8.17. The van der Waals surface area contributed by atoms with Crippen LogP contribution in [0.1, 0.15) is 5.56 Å². The zero-order chi connectivity index (χ0) is 17.4. The van der Waals surface area contributed by atoms with Crippen molar-refractivity contribution in [3.8, 4) is 11.4 Å². The molecule has 4 aromatic rings. The van der Waals surface area contributed by atoms with Crippen LogP contribution in [0, 0.1) is 0 Å².